The van der Waals surface area contributed by atoms with Crippen molar-refractivity contribution in [3.8, 4) is 0 Å². The smallest absolute Gasteiger partial charge is 0.0805 e. The van der Waals surface area contributed by atoms with Crippen LogP contribution in [0.25, 0.3) is 0 Å². The number of piperidine rings is 2. The van der Waals surface area contributed by atoms with Crippen LogP contribution in [0.15, 0.2) is 54.6 Å². The van der Waals surface area contributed by atoms with E-state index in [1.54, 1.807) is 0 Å². The minimum absolute atomic E-state index is 0.0129. The van der Waals surface area contributed by atoms with Crippen molar-refractivity contribution in [2.24, 2.45) is 64.1 Å². The van der Waals surface area contributed by atoms with Crippen molar-refractivity contribution in [1.29, 1.82) is 0 Å². The van der Waals surface area contributed by atoms with Gasteiger partial charge in [-0.1, -0.05) is 68.4 Å². The third-order valence-corrected chi connectivity index (χ3v) is 17.3. The van der Waals surface area contributed by atoms with E-state index < -0.39 is 5.60 Å². The van der Waals surface area contributed by atoms with Crippen LogP contribution in [0.2, 0.25) is 0 Å². The minimum atomic E-state index is -0.587. The monoisotopic (exact) mass is 679 g/mol. The van der Waals surface area contributed by atoms with E-state index in [1.165, 1.54) is 55.3 Å². The number of aliphatic hydroxyl groups excluding tert-OH is 2. The van der Waals surface area contributed by atoms with E-state index in [9.17, 15) is 15.3 Å². The van der Waals surface area contributed by atoms with E-state index >= 15 is 0 Å². The first kappa shape index (κ1) is 34.1. The maximum absolute atomic E-state index is 12.2. The van der Waals surface area contributed by atoms with Crippen LogP contribution < -0.4 is 0 Å². The molecule has 9 rings (SSSR count). The molecule has 272 valence electrons. The fraction of sp³-hybridized carbons (Fsp3) is 0.739. The molecular formula is C46H65NO3. The van der Waals surface area contributed by atoms with E-state index in [0.717, 1.165) is 70.3 Å². The van der Waals surface area contributed by atoms with Gasteiger partial charge in [0.25, 0.3) is 0 Å². The number of nitrogens with zero attached hydrogens (tertiary/aromatic N) is 1. The van der Waals surface area contributed by atoms with E-state index in [4.69, 9.17) is 0 Å². The molecule has 15 unspecified atom stereocenters. The van der Waals surface area contributed by atoms with Crippen molar-refractivity contribution in [2.45, 2.75) is 135 Å². The lowest BCUT2D eigenvalue weighted by atomic mass is 9.46. The second-order valence-electron chi connectivity index (χ2n) is 19.9. The number of fused-ring (bicyclic) bond motifs is 8. The Labute approximate surface area is 302 Å². The number of rotatable bonds is 5. The molecular weight excluding hydrogens is 615 g/mol. The topological polar surface area (TPSA) is 63.9 Å². The Balaban J connectivity index is 0.892. The number of hydrogen-bond acceptors (Lipinski definition) is 4. The zero-order valence-electron chi connectivity index (χ0n) is 31.2. The maximum Gasteiger partial charge on any atom is 0.0805 e. The summed E-state index contributed by atoms with van der Waals surface area (Å²) in [5.41, 5.74) is 3.70. The Hall–Kier alpha value is -1.72. The summed E-state index contributed by atoms with van der Waals surface area (Å²) in [6, 6.07) is 20.4. The molecule has 0 amide bonds. The van der Waals surface area contributed by atoms with Crippen LogP contribution in [0.3, 0.4) is 0 Å². The highest BCUT2D eigenvalue weighted by molar-refractivity contribution is 5.29. The summed E-state index contributed by atoms with van der Waals surface area (Å²) in [5, 5.41) is 36.0. The van der Waals surface area contributed by atoms with Crippen LogP contribution in [-0.2, 0) is 12.8 Å². The van der Waals surface area contributed by atoms with Gasteiger partial charge >= 0.3 is 0 Å². The van der Waals surface area contributed by atoms with Gasteiger partial charge in [0.15, 0.2) is 0 Å². The molecule has 7 aliphatic rings. The van der Waals surface area contributed by atoms with Crippen LogP contribution in [0.4, 0.5) is 0 Å². The van der Waals surface area contributed by atoms with Gasteiger partial charge in [0, 0.05) is 19.1 Å². The van der Waals surface area contributed by atoms with Crippen LogP contribution in [0, 0.1) is 64.1 Å². The first-order chi connectivity index (χ1) is 24.0. The Morgan fingerprint density at radius 2 is 1.48 bits per heavy atom. The lowest BCUT2D eigenvalue weighted by molar-refractivity contribution is -0.180. The lowest BCUT2D eigenvalue weighted by Crippen LogP contribution is -2.67. The van der Waals surface area contributed by atoms with Gasteiger partial charge in [0.1, 0.15) is 0 Å². The molecule has 3 N–H and O–H groups in total. The third-order valence-electron chi connectivity index (χ3n) is 17.3. The maximum atomic E-state index is 12.2. The van der Waals surface area contributed by atoms with E-state index in [0.29, 0.717) is 47.5 Å². The summed E-state index contributed by atoms with van der Waals surface area (Å²) in [6.07, 6.45) is 15.2. The van der Waals surface area contributed by atoms with Crippen molar-refractivity contribution in [3.05, 3.63) is 71.3 Å². The number of aryl methyl sites for hydroxylation is 1. The molecule has 4 heteroatoms. The van der Waals surface area contributed by atoms with Crippen LogP contribution in [-0.4, -0.2) is 57.2 Å². The second-order valence-corrected chi connectivity index (χ2v) is 19.9. The summed E-state index contributed by atoms with van der Waals surface area (Å²) >= 11 is 0. The SMILES string of the molecule is CC1CCC2N(C1)CC1C3CC4C(CC(O)C5CC(O)C6(CCC(CCc7ccc(Cc8ccccc8)cc7)C6)CC54C)C3CCC1C2(C)O. The Bertz CT molecular complexity index is 1510. The lowest BCUT2D eigenvalue weighted by Gasteiger charge is -2.60. The summed E-state index contributed by atoms with van der Waals surface area (Å²) in [4.78, 5) is 2.71. The molecule has 50 heavy (non-hydrogen) atoms. The zero-order valence-corrected chi connectivity index (χ0v) is 31.2. The first-order valence-corrected chi connectivity index (χ1v) is 21.0. The zero-order chi connectivity index (χ0) is 34.4. The van der Waals surface area contributed by atoms with Gasteiger partial charge in [-0.05, 0) is 178 Å². The molecule has 0 aromatic heterocycles. The Kier molecular flexibility index (Phi) is 8.66. The summed E-state index contributed by atoms with van der Waals surface area (Å²) in [7, 11) is 0. The molecule has 1 spiro atoms. The van der Waals surface area contributed by atoms with Crippen molar-refractivity contribution in [1.82, 2.24) is 4.90 Å². The molecule has 15 atom stereocenters. The van der Waals surface area contributed by atoms with Crippen LogP contribution in [0.1, 0.15) is 115 Å². The highest BCUT2D eigenvalue weighted by atomic mass is 16.3. The molecule has 0 bridgehead atoms. The van der Waals surface area contributed by atoms with Crippen molar-refractivity contribution in [3.63, 3.8) is 0 Å². The predicted octanol–water partition coefficient (Wildman–Crippen LogP) is 8.30. The van der Waals surface area contributed by atoms with Gasteiger partial charge in [-0.3, -0.25) is 4.90 Å². The normalized spacial score (nSPS) is 48.4. The molecule has 2 aromatic carbocycles. The first-order valence-electron chi connectivity index (χ1n) is 21.0. The number of aliphatic hydroxyl groups is 3. The van der Waals surface area contributed by atoms with E-state index in [1.807, 2.05) is 0 Å². The molecule has 2 aromatic rings. The van der Waals surface area contributed by atoms with Gasteiger partial charge in [-0.15, -0.1) is 0 Å². The molecule has 5 aliphatic carbocycles. The predicted molar refractivity (Wildman–Crippen MR) is 200 cm³/mol. The molecule has 2 heterocycles. The van der Waals surface area contributed by atoms with Gasteiger partial charge in [-0.2, -0.15) is 0 Å². The molecule has 2 saturated heterocycles. The van der Waals surface area contributed by atoms with Crippen molar-refractivity contribution >= 4 is 0 Å². The Morgan fingerprint density at radius 3 is 2.28 bits per heavy atom. The number of hydrogen-bond donors (Lipinski definition) is 3. The molecule has 5 saturated carbocycles. The summed E-state index contributed by atoms with van der Waals surface area (Å²) in [6.45, 7) is 9.50. The van der Waals surface area contributed by atoms with E-state index in [-0.39, 0.29) is 29.0 Å². The molecule has 7 fully saturated rings. The fourth-order valence-corrected chi connectivity index (χ4v) is 15.0. The molecule has 4 nitrogen and oxygen atoms in total. The molecule has 0 radical (unpaired) electrons. The average molecular weight is 680 g/mol. The van der Waals surface area contributed by atoms with Gasteiger partial charge < -0.3 is 15.3 Å². The standard InChI is InChI=1S/C46H65NO3/c1-29-9-18-42-45(3,50)38-17-16-34-35(37(38)27-47(42)26-29)22-39-36(34)23-41(48)40-24-43(49)46(28-44(39,40)2)20-19-33(25-46)15-12-30-10-13-32(14-11-30)21-31-7-5-4-6-8-31/h4-8,10-11,13-14,29,33-43,48-50H,9,12,15-28H2,1-3H3. The highest BCUT2D eigenvalue weighted by Gasteiger charge is 2.67. The summed E-state index contributed by atoms with van der Waals surface area (Å²) in [5.74, 6) is 5.24. The fourth-order valence-electron chi connectivity index (χ4n) is 15.0. The Morgan fingerprint density at radius 1 is 0.720 bits per heavy atom. The van der Waals surface area contributed by atoms with Gasteiger partial charge in [0.05, 0.1) is 17.8 Å². The summed E-state index contributed by atoms with van der Waals surface area (Å²) < 4.78 is 0. The molecule has 2 aliphatic heterocycles. The largest absolute Gasteiger partial charge is 0.393 e. The average Bonchev–Trinajstić information content (AvgIpc) is 3.68. The van der Waals surface area contributed by atoms with Gasteiger partial charge in [-0.25, -0.2) is 0 Å². The van der Waals surface area contributed by atoms with Crippen molar-refractivity contribution < 1.29 is 15.3 Å². The van der Waals surface area contributed by atoms with Crippen molar-refractivity contribution in [2.75, 3.05) is 13.1 Å². The number of benzene rings is 2. The second kappa shape index (κ2) is 12.7. The third kappa shape index (κ3) is 5.59. The van der Waals surface area contributed by atoms with E-state index in [2.05, 4.69) is 80.3 Å². The quantitative estimate of drug-likeness (QED) is 0.298. The highest BCUT2D eigenvalue weighted by Crippen LogP contribution is 2.70. The minimum Gasteiger partial charge on any atom is -0.393 e. The van der Waals surface area contributed by atoms with Crippen LogP contribution >= 0.6 is 0 Å². The van der Waals surface area contributed by atoms with Crippen LogP contribution in [0.5, 0.6) is 0 Å². The van der Waals surface area contributed by atoms with Gasteiger partial charge in [0.2, 0.25) is 0 Å².